The van der Waals surface area contributed by atoms with Crippen molar-refractivity contribution < 1.29 is 4.74 Å². The van der Waals surface area contributed by atoms with Gasteiger partial charge in [0.05, 0.1) is 19.8 Å². The molecule has 0 bridgehead atoms. The Hall–Kier alpha value is -0.980. The number of piperidine rings is 1. The zero-order valence-electron chi connectivity index (χ0n) is 15.0. The van der Waals surface area contributed by atoms with Gasteiger partial charge in [-0.3, -0.25) is 4.90 Å². The van der Waals surface area contributed by atoms with Crippen molar-refractivity contribution in [3.8, 4) is 0 Å². The maximum absolute atomic E-state index is 5.44. The summed E-state index contributed by atoms with van der Waals surface area (Å²) in [5.41, 5.74) is 0. The lowest BCUT2D eigenvalue weighted by Crippen LogP contribution is -2.40. The quantitative estimate of drug-likeness (QED) is 0.819. The average Bonchev–Trinajstić information content (AvgIpc) is 2.93. The van der Waals surface area contributed by atoms with Gasteiger partial charge in [0.25, 0.3) is 0 Å². The molecule has 6 heteroatoms. The van der Waals surface area contributed by atoms with E-state index in [1.807, 2.05) is 0 Å². The van der Waals surface area contributed by atoms with Crippen molar-refractivity contribution in [3.63, 3.8) is 0 Å². The van der Waals surface area contributed by atoms with Crippen molar-refractivity contribution in [1.29, 1.82) is 0 Å². The van der Waals surface area contributed by atoms with Gasteiger partial charge >= 0.3 is 0 Å². The molecule has 4 rings (SSSR count). The second kappa shape index (κ2) is 7.50. The molecular formula is C18H31N5O. The summed E-state index contributed by atoms with van der Waals surface area (Å²) in [5.74, 6) is 3.80. The summed E-state index contributed by atoms with van der Waals surface area (Å²) >= 11 is 0. The van der Waals surface area contributed by atoms with Crippen LogP contribution in [0, 0.1) is 5.92 Å². The highest BCUT2D eigenvalue weighted by molar-refractivity contribution is 5.04. The maximum atomic E-state index is 5.44. The Morgan fingerprint density at radius 2 is 1.83 bits per heavy atom. The highest BCUT2D eigenvalue weighted by atomic mass is 16.5. The molecule has 1 aromatic rings. The first-order valence-electron chi connectivity index (χ1n) is 9.70. The van der Waals surface area contributed by atoms with Crippen LogP contribution in [0.15, 0.2) is 0 Å². The molecular weight excluding hydrogens is 302 g/mol. The van der Waals surface area contributed by atoms with Crippen LogP contribution in [0.25, 0.3) is 0 Å². The Labute approximate surface area is 145 Å². The van der Waals surface area contributed by atoms with Crippen molar-refractivity contribution >= 4 is 0 Å². The monoisotopic (exact) mass is 333 g/mol. The van der Waals surface area contributed by atoms with Crippen molar-refractivity contribution in [1.82, 2.24) is 24.6 Å². The number of ether oxygens (including phenoxy) is 1. The van der Waals surface area contributed by atoms with Gasteiger partial charge in [-0.05, 0) is 38.1 Å². The minimum Gasteiger partial charge on any atom is -0.379 e. The average molecular weight is 333 g/mol. The predicted octanol–water partition coefficient (Wildman–Crippen LogP) is 1.63. The van der Waals surface area contributed by atoms with Crippen LogP contribution in [0.1, 0.15) is 49.7 Å². The fourth-order valence-corrected chi connectivity index (χ4v) is 4.30. The topological polar surface area (TPSA) is 46.4 Å². The van der Waals surface area contributed by atoms with Gasteiger partial charge in [-0.25, -0.2) is 0 Å². The van der Waals surface area contributed by atoms with E-state index in [4.69, 9.17) is 4.74 Å². The van der Waals surface area contributed by atoms with Crippen LogP contribution in [-0.4, -0.2) is 70.5 Å². The van der Waals surface area contributed by atoms with Crippen molar-refractivity contribution in [2.24, 2.45) is 13.0 Å². The molecule has 134 valence electrons. The number of morpholine rings is 1. The highest BCUT2D eigenvalue weighted by Gasteiger charge is 2.29. The Morgan fingerprint density at radius 3 is 2.58 bits per heavy atom. The molecule has 3 fully saturated rings. The van der Waals surface area contributed by atoms with Gasteiger partial charge in [-0.2, -0.15) is 0 Å². The van der Waals surface area contributed by atoms with E-state index in [1.54, 1.807) is 0 Å². The van der Waals surface area contributed by atoms with Gasteiger partial charge in [-0.15, -0.1) is 10.2 Å². The van der Waals surface area contributed by atoms with E-state index < -0.39 is 0 Å². The largest absolute Gasteiger partial charge is 0.379 e. The molecule has 1 atom stereocenters. The van der Waals surface area contributed by atoms with E-state index in [-0.39, 0.29) is 0 Å². The number of rotatable bonds is 5. The molecule has 1 aromatic heterocycles. The van der Waals surface area contributed by atoms with Crippen molar-refractivity contribution in [3.05, 3.63) is 11.6 Å². The van der Waals surface area contributed by atoms with Crippen LogP contribution in [0.2, 0.25) is 0 Å². The van der Waals surface area contributed by atoms with Crippen molar-refractivity contribution in [2.75, 3.05) is 45.9 Å². The van der Waals surface area contributed by atoms with Gasteiger partial charge in [0.1, 0.15) is 11.6 Å². The molecule has 0 spiro atoms. The molecule has 3 heterocycles. The summed E-state index contributed by atoms with van der Waals surface area (Å²) in [6.45, 7) is 8.31. The molecule has 1 unspecified atom stereocenters. The van der Waals surface area contributed by atoms with Gasteiger partial charge in [0, 0.05) is 39.1 Å². The Kier molecular flexibility index (Phi) is 5.15. The zero-order valence-corrected chi connectivity index (χ0v) is 15.0. The molecule has 3 aliphatic rings. The summed E-state index contributed by atoms with van der Waals surface area (Å²) < 4.78 is 7.69. The van der Waals surface area contributed by atoms with Crippen LogP contribution in [0.4, 0.5) is 0 Å². The zero-order chi connectivity index (χ0) is 16.4. The SMILES string of the molecule is Cn1c(CN2CCOCC2)nnc1C1CCCN(CC2CCC2)C1. The van der Waals surface area contributed by atoms with Gasteiger partial charge in [-0.1, -0.05) is 6.42 Å². The lowest BCUT2D eigenvalue weighted by Gasteiger charge is -2.37. The number of likely N-dealkylation sites (tertiary alicyclic amines) is 1. The molecule has 0 aromatic carbocycles. The molecule has 24 heavy (non-hydrogen) atoms. The lowest BCUT2D eigenvalue weighted by molar-refractivity contribution is 0.0326. The molecule has 6 nitrogen and oxygen atoms in total. The first kappa shape index (κ1) is 16.5. The molecule has 0 N–H and O–H groups in total. The molecule has 1 aliphatic carbocycles. The highest BCUT2D eigenvalue weighted by Crippen LogP contribution is 2.31. The predicted molar refractivity (Wildman–Crippen MR) is 92.9 cm³/mol. The summed E-state index contributed by atoms with van der Waals surface area (Å²) in [4.78, 5) is 5.09. The number of nitrogens with zero attached hydrogens (tertiary/aromatic N) is 5. The first-order valence-corrected chi connectivity index (χ1v) is 9.70. The normalized spacial score (nSPS) is 27.3. The Balaban J connectivity index is 1.37. The third-order valence-corrected chi connectivity index (χ3v) is 6.08. The maximum Gasteiger partial charge on any atom is 0.146 e. The molecule has 0 amide bonds. The molecule has 2 saturated heterocycles. The van der Waals surface area contributed by atoms with Gasteiger partial charge in [0.2, 0.25) is 0 Å². The third kappa shape index (κ3) is 3.65. The van der Waals surface area contributed by atoms with Crippen LogP contribution in [-0.2, 0) is 18.3 Å². The fraction of sp³-hybridized carbons (Fsp3) is 0.889. The minimum absolute atomic E-state index is 0.551. The minimum atomic E-state index is 0.551. The van der Waals surface area contributed by atoms with Crippen LogP contribution in [0.5, 0.6) is 0 Å². The fourth-order valence-electron chi connectivity index (χ4n) is 4.30. The van der Waals surface area contributed by atoms with Gasteiger partial charge < -0.3 is 14.2 Å². The number of hydrogen-bond donors (Lipinski definition) is 0. The summed E-state index contributed by atoms with van der Waals surface area (Å²) in [6, 6.07) is 0. The number of aromatic nitrogens is 3. The smallest absolute Gasteiger partial charge is 0.146 e. The molecule has 0 radical (unpaired) electrons. The van der Waals surface area contributed by atoms with E-state index in [9.17, 15) is 0 Å². The Morgan fingerprint density at radius 1 is 1.00 bits per heavy atom. The second-order valence-electron chi connectivity index (χ2n) is 7.82. The Bertz CT molecular complexity index is 536. The molecule has 2 aliphatic heterocycles. The van der Waals surface area contributed by atoms with Crippen LogP contribution in [0.3, 0.4) is 0 Å². The van der Waals surface area contributed by atoms with E-state index in [0.717, 1.165) is 44.6 Å². The third-order valence-electron chi connectivity index (χ3n) is 6.08. The summed E-state index contributed by atoms with van der Waals surface area (Å²) in [7, 11) is 2.15. The summed E-state index contributed by atoms with van der Waals surface area (Å²) in [6.07, 6.45) is 6.87. The van der Waals surface area contributed by atoms with Crippen LogP contribution < -0.4 is 0 Å². The van der Waals surface area contributed by atoms with E-state index in [0.29, 0.717) is 5.92 Å². The standard InChI is InChI=1S/C18H31N5O/c1-21-17(14-22-8-10-24-11-9-22)19-20-18(21)16-6-3-7-23(13-16)12-15-4-2-5-15/h15-16H,2-14H2,1H3. The first-order chi connectivity index (χ1) is 11.8. The van der Waals surface area contributed by atoms with Crippen molar-refractivity contribution in [2.45, 2.75) is 44.6 Å². The van der Waals surface area contributed by atoms with E-state index in [2.05, 4.69) is 31.6 Å². The van der Waals surface area contributed by atoms with E-state index >= 15 is 0 Å². The van der Waals surface area contributed by atoms with Crippen LogP contribution >= 0.6 is 0 Å². The van der Waals surface area contributed by atoms with Gasteiger partial charge in [0.15, 0.2) is 0 Å². The second-order valence-corrected chi connectivity index (χ2v) is 7.82. The summed E-state index contributed by atoms with van der Waals surface area (Å²) in [5, 5.41) is 9.09. The lowest BCUT2D eigenvalue weighted by atomic mass is 9.84. The number of hydrogen-bond acceptors (Lipinski definition) is 5. The van der Waals surface area contributed by atoms with E-state index in [1.165, 1.54) is 57.6 Å². The molecule has 1 saturated carbocycles.